The van der Waals surface area contributed by atoms with Gasteiger partial charge in [0, 0.05) is 38.8 Å². The maximum absolute atomic E-state index is 5.74. The van der Waals surface area contributed by atoms with Crippen LogP contribution >= 0.6 is 0 Å². The zero-order valence-corrected chi connectivity index (χ0v) is 10.2. The van der Waals surface area contributed by atoms with E-state index in [1.807, 2.05) is 0 Å². The summed E-state index contributed by atoms with van der Waals surface area (Å²) in [4.78, 5) is 5.35. The minimum Gasteiger partial charge on any atom is -0.377 e. The molecule has 16 heavy (non-hydrogen) atoms. The van der Waals surface area contributed by atoms with Crippen molar-refractivity contribution in [3.05, 3.63) is 0 Å². The largest absolute Gasteiger partial charge is 0.377 e. The van der Waals surface area contributed by atoms with E-state index >= 15 is 0 Å². The fraction of sp³-hybridized carbons (Fsp3) is 1.00. The quantitative estimate of drug-likeness (QED) is 0.704. The Labute approximate surface area is 98.7 Å². The molecule has 3 aliphatic rings. The summed E-state index contributed by atoms with van der Waals surface area (Å²) in [5.41, 5.74) is 0. The molecule has 0 aromatic heterocycles. The second-order valence-corrected chi connectivity index (χ2v) is 5.58. The molecule has 0 bridgehead atoms. The highest BCUT2D eigenvalue weighted by Gasteiger charge is 2.30. The summed E-state index contributed by atoms with van der Waals surface area (Å²) in [7, 11) is 0. The minimum absolute atomic E-state index is 0.537. The van der Waals surface area contributed by atoms with Gasteiger partial charge >= 0.3 is 0 Å². The number of rotatable bonds is 2. The molecule has 3 aliphatic heterocycles. The first-order valence-electron chi connectivity index (χ1n) is 7.00. The molecule has 0 aromatic carbocycles. The summed E-state index contributed by atoms with van der Waals surface area (Å²) in [5.74, 6) is 0. The highest BCUT2D eigenvalue weighted by atomic mass is 16.5. The van der Waals surface area contributed by atoms with Gasteiger partial charge in [-0.2, -0.15) is 0 Å². The molecule has 0 radical (unpaired) electrons. The average molecular weight is 224 g/mol. The second-order valence-electron chi connectivity index (χ2n) is 5.58. The SMILES string of the molecule is C1COC(CN2CCN3CCCCC3C2)C1. The predicted molar refractivity (Wildman–Crippen MR) is 64.6 cm³/mol. The van der Waals surface area contributed by atoms with Crippen LogP contribution in [0.25, 0.3) is 0 Å². The zero-order valence-electron chi connectivity index (χ0n) is 10.2. The van der Waals surface area contributed by atoms with E-state index in [4.69, 9.17) is 4.74 Å². The molecule has 0 saturated carbocycles. The van der Waals surface area contributed by atoms with E-state index in [-0.39, 0.29) is 0 Å². The van der Waals surface area contributed by atoms with E-state index in [0.717, 1.165) is 12.6 Å². The lowest BCUT2D eigenvalue weighted by atomic mass is 9.99. The van der Waals surface area contributed by atoms with E-state index in [9.17, 15) is 0 Å². The predicted octanol–water partition coefficient (Wildman–Crippen LogP) is 1.34. The van der Waals surface area contributed by atoms with Crippen LogP contribution in [0.3, 0.4) is 0 Å². The van der Waals surface area contributed by atoms with E-state index in [2.05, 4.69) is 9.80 Å². The van der Waals surface area contributed by atoms with Gasteiger partial charge in [0.25, 0.3) is 0 Å². The first-order valence-corrected chi connectivity index (χ1v) is 7.00. The van der Waals surface area contributed by atoms with Gasteiger partial charge in [-0.25, -0.2) is 0 Å². The lowest BCUT2D eigenvalue weighted by molar-refractivity contribution is 0.0149. The number of hydrogen-bond acceptors (Lipinski definition) is 3. The average Bonchev–Trinajstić information content (AvgIpc) is 2.82. The van der Waals surface area contributed by atoms with Crippen molar-refractivity contribution in [2.75, 3.05) is 39.3 Å². The van der Waals surface area contributed by atoms with Crippen LogP contribution in [0.15, 0.2) is 0 Å². The molecule has 0 aromatic rings. The van der Waals surface area contributed by atoms with Crippen LogP contribution in [0, 0.1) is 0 Å². The van der Waals surface area contributed by atoms with E-state index < -0.39 is 0 Å². The molecule has 3 nitrogen and oxygen atoms in total. The summed E-state index contributed by atoms with van der Waals surface area (Å²) in [6, 6.07) is 0.851. The third kappa shape index (κ3) is 2.41. The van der Waals surface area contributed by atoms with Crippen LogP contribution in [0.2, 0.25) is 0 Å². The lowest BCUT2D eigenvalue weighted by Crippen LogP contribution is -2.55. The van der Waals surface area contributed by atoms with Crippen LogP contribution in [-0.4, -0.2) is 61.3 Å². The van der Waals surface area contributed by atoms with Crippen LogP contribution in [0.4, 0.5) is 0 Å². The van der Waals surface area contributed by atoms with Gasteiger partial charge in [-0.1, -0.05) is 6.42 Å². The molecule has 3 fully saturated rings. The Kier molecular flexibility index (Phi) is 3.46. The number of fused-ring (bicyclic) bond motifs is 1. The van der Waals surface area contributed by atoms with Crippen molar-refractivity contribution in [1.82, 2.24) is 9.80 Å². The fourth-order valence-corrected chi connectivity index (χ4v) is 3.46. The van der Waals surface area contributed by atoms with Gasteiger partial charge < -0.3 is 4.74 Å². The summed E-state index contributed by atoms with van der Waals surface area (Å²) in [6.45, 7) is 7.37. The summed E-state index contributed by atoms with van der Waals surface area (Å²) in [5, 5.41) is 0. The molecule has 2 unspecified atom stereocenters. The van der Waals surface area contributed by atoms with E-state index in [0.29, 0.717) is 6.10 Å². The second kappa shape index (κ2) is 5.03. The Morgan fingerprint density at radius 3 is 2.88 bits per heavy atom. The number of piperazine rings is 1. The highest BCUT2D eigenvalue weighted by molar-refractivity contribution is 4.86. The summed E-state index contributed by atoms with van der Waals surface area (Å²) in [6.07, 6.45) is 7.37. The Morgan fingerprint density at radius 1 is 1.00 bits per heavy atom. The van der Waals surface area contributed by atoms with Crippen molar-refractivity contribution >= 4 is 0 Å². The normalized spacial score (nSPS) is 37.5. The summed E-state index contributed by atoms with van der Waals surface area (Å²) >= 11 is 0. The fourth-order valence-electron chi connectivity index (χ4n) is 3.46. The van der Waals surface area contributed by atoms with Crippen LogP contribution < -0.4 is 0 Å². The third-order valence-electron chi connectivity index (χ3n) is 4.41. The Hall–Kier alpha value is -0.120. The van der Waals surface area contributed by atoms with Crippen molar-refractivity contribution in [2.45, 2.75) is 44.2 Å². The Balaban J connectivity index is 1.50. The molecular weight excluding hydrogens is 200 g/mol. The van der Waals surface area contributed by atoms with Crippen molar-refractivity contribution < 1.29 is 4.74 Å². The molecule has 3 heteroatoms. The highest BCUT2D eigenvalue weighted by Crippen LogP contribution is 2.22. The van der Waals surface area contributed by atoms with Gasteiger partial charge in [0.2, 0.25) is 0 Å². The first kappa shape index (κ1) is 11.0. The van der Waals surface area contributed by atoms with E-state index in [1.54, 1.807) is 0 Å². The maximum Gasteiger partial charge on any atom is 0.0702 e. The summed E-state index contributed by atoms with van der Waals surface area (Å²) < 4.78 is 5.74. The van der Waals surface area contributed by atoms with Gasteiger partial charge in [-0.15, -0.1) is 0 Å². The molecule has 3 heterocycles. The topological polar surface area (TPSA) is 15.7 Å². The molecule has 92 valence electrons. The molecular formula is C13H24N2O. The van der Waals surface area contributed by atoms with E-state index in [1.165, 1.54) is 64.8 Å². The number of hydrogen-bond donors (Lipinski definition) is 0. The number of ether oxygens (including phenoxy) is 1. The first-order chi connectivity index (χ1) is 7.92. The number of nitrogens with zero attached hydrogens (tertiary/aromatic N) is 2. The maximum atomic E-state index is 5.74. The molecule has 0 spiro atoms. The Morgan fingerprint density at radius 2 is 2.00 bits per heavy atom. The molecule has 3 rings (SSSR count). The van der Waals surface area contributed by atoms with Gasteiger partial charge in [0.1, 0.15) is 0 Å². The van der Waals surface area contributed by atoms with Crippen LogP contribution in [0.1, 0.15) is 32.1 Å². The lowest BCUT2D eigenvalue weighted by Gasteiger charge is -2.44. The van der Waals surface area contributed by atoms with Crippen molar-refractivity contribution in [3.8, 4) is 0 Å². The molecule has 2 atom stereocenters. The van der Waals surface area contributed by atoms with Crippen molar-refractivity contribution in [2.24, 2.45) is 0 Å². The van der Waals surface area contributed by atoms with Crippen molar-refractivity contribution in [1.29, 1.82) is 0 Å². The van der Waals surface area contributed by atoms with Crippen molar-refractivity contribution in [3.63, 3.8) is 0 Å². The van der Waals surface area contributed by atoms with Gasteiger partial charge in [-0.3, -0.25) is 9.80 Å². The van der Waals surface area contributed by atoms with Crippen LogP contribution in [-0.2, 0) is 4.74 Å². The Bertz CT molecular complexity index is 228. The van der Waals surface area contributed by atoms with Gasteiger partial charge in [-0.05, 0) is 32.2 Å². The molecule has 0 amide bonds. The minimum atomic E-state index is 0.537. The van der Waals surface area contributed by atoms with Crippen LogP contribution in [0.5, 0.6) is 0 Å². The zero-order chi connectivity index (χ0) is 10.8. The van der Waals surface area contributed by atoms with Gasteiger partial charge in [0.05, 0.1) is 6.10 Å². The molecule has 3 saturated heterocycles. The standard InChI is InChI=1S/C13H24N2O/c1-2-6-15-8-7-14(10-12(15)4-1)11-13-5-3-9-16-13/h12-13H,1-11H2. The smallest absolute Gasteiger partial charge is 0.0702 e. The monoisotopic (exact) mass is 224 g/mol. The molecule has 0 N–H and O–H groups in total. The van der Waals surface area contributed by atoms with Gasteiger partial charge in [0.15, 0.2) is 0 Å². The number of piperidine rings is 1. The molecule has 0 aliphatic carbocycles. The third-order valence-corrected chi connectivity index (χ3v) is 4.41.